The van der Waals surface area contributed by atoms with Crippen LogP contribution in [0.4, 0.5) is 5.69 Å². The van der Waals surface area contributed by atoms with Gasteiger partial charge < -0.3 is 10.5 Å². The normalized spacial score (nSPS) is 21.4. The van der Waals surface area contributed by atoms with Crippen LogP contribution in [0.1, 0.15) is 24.8 Å². The lowest BCUT2D eigenvalue weighted by Gasteiger charge is -2.18. The van der Waals surface area contributed by atoms with Gasteiger partial charge in [0.2, 0.25) is 0 Å². The van der Waals surface area contributed by atoms with Gasteiger partial charge in [-0.2, -0.15) is 5.26 Å². The molecule has 1 aromatic rings. The summed E-state index contributed by atoms with van der Waals surface area (Å²) in [7, 11) is 0. The van der Waals surface area contributed by atoms with E-state index in [9.17, 15) is 10.1 Å². The van der Waals surface area contributed by atoms with E-state index in [1.54, 1.807) is 12.1 Å². The van der Waals surface area contributed by atoms with Crippen molar-refractivity contribution in [3.05, 3.63) is 33.9 Å². The minimum absolute atomic E-state index is 0.0445. The summed E-state index contributed by atoms with van der Waals surface area (Å²) in [5.41, 5.74) is 5.54. The van der Waals surface area contributed by atoms with E-state index in [1.165, 1.54) is 12.1 Å². The van der Waals surface area contributed by atoms with Crippen molar-refractivity contribution in [3.63, 3.8) is 0 Å². The molecular formula is C14H17N3O3. The van der Waals surface area contributed by atoms with Gasteiger partial charge in [-0.15, -0.1) is 0 Å². The number of nitrogens with two attached hydrogens (primary N) is 1. The zero-order chi connectivity index (χ0) is 14.5. The maximum absolute atomic E-state index is 10.9. The highest BCUT2D eigenvalue weighted by molar-refractivity contribution is 5.52. The van der Waals surface area contributed by atoms with Gasteiger partial charge >= 0.3 is 0 Å². The molecule has 0 spiro atoms. The van der Waals surface area contributed by atoms with E-state index < -0.39 is 4.92 Å². The second-order valence-corrected chi connectivity index (χ2v) is 5.05. The molecule has 1 fully saturated rings. The van der Waals surface area contributed by atoms with Crippen LogP contribution >= 0.6 is 0 Å². The molecule has 1 aromatic carbocycles. The van der Waals surface area contributed by atoms with Crippen LogP contribution in [0.25, 0.3) is 0 Å². The highest BCUT2D eigenvalue weighted by Gasteiger charge is 2.26. The first kappa shape index (κ1) is 14.3. The topological polar surface area (TPSA) is 102 Å². The molecule has 2 rings (SSSR count). The van der Waals surface area contributed by atoms with Crippen molar-refractivity contribution >= 4 is 5.69 Å². The molecule has 1 saturated carbocycles. The molecule has 106 valence electrons. The Hall–Kier alpha value is -2.13. The van der Waals surface area contributed by atoms with E-state index in [2.05, 4.69) is 0 Å². The van der Waals surface area contributed by atoms with E-state index in [4.69, 9.17) is 15.7 Å². The minimum Gasteiger partial charge on any atom is -0.493 e. The first-order valence-electron chi connectivity index (χ1n) is 6.67. The van der Waals surface area contributed by atoms with Gasteiger partial charge in [-0.05, 0) is 43.4 Å². The van der Waals surface area contributed by atoms with Crippen molar-refractivity contribution in [2.45, 2.75) is 19.3 Å². The number of rotatable bonds is 5. The monoisotopic (exact) mass is 275 g/mol. The van der Waals surface area contributed by atoms with Crippen molar-refractivity contribution in [1.29, 1.82) is 5.26 Å². The quantitative estimate of drug-likeness (QED) is 0.655. The Labute approximate surface area is 117 Å². The van der Waals surface area contributed by atoms with Crippen molar-refractivity contribution in [1.82, 2.24) is 0 Å². The fourth-order valence-corrected chi connectivity index (χ4v) is 2.69. The first-order valence-corrected chi connectivity index (χ1v) is 6.67. The summed E-state index contributed by atoms with van der Waals surface area (Å²) in [6, 6.07) is 6.13. The lowest BCUT2D eigenvalue weighted by atomic mass is 9.97. The second-order valence-electron chi connectivity index (χ2n) is 5.05. The number of benzene rings is 1. The molecule has 0 aromatic heterocycles. The Bertz CT molecular complexity index is 539. The summed E-state index contributed by atoms with van der Waals surface area (Å²) in [5, 5.41) is 19.7. The summed E-state index contributed by atoms with van der Waals surface area (Å²) in [5.74, 6) is 1.32. The molecule has 6 heteroatoms. The van der Waals surface area contributed by atoms with Crippen LogP contribution in [0.2, 0.25) is 0 Å². The molecule has 2 atom stereocenters. The highest BCUT2D eigenvalue weighted by Crippen LogP contribution is 2.32. The lowest BCUT2D eigenvalue weighted by Crippen LogP contribution is -2.23. The summed E-state index contributed by atoms with van der Waals surface area (Å²) in [6.45, 7) is 1.17. The van der Waals surface area contributed by atoms with Crippen molar-refractivity contribution < 1.29 is 9.66 Å². The molecule has 20 heavy (non-hydrogen) atoms. The predicted molar refractivity (Wildman–Crippen MR) is 73.2 cm³/mol. The third-order valence-electron chi connectivity index (χ3n) is 3.87. The summed E-state index contributed by atoms with van der Waals surface area (Å²) in [4.78, 5) is 10.3. The zero-order valence-corrected chi connectivity index (χ0v) is 11.1. The van der Waals surface area contributed by atoms with Gasteiger partial charge in [0.15, 0.2) is 0 Å². The Balaban J connectivity index is 2.05. The van der Waals surface area contributed by atoms with Crippen LogP contribution in [0.5, 0.6) is 5.75 Å². The average molecular weight is 275 g/mol. The molecule has 1 aliphatic rings. The number of nitro benzene ring substituents is 1. The summed E-state index contributed by atoms with van der Waals surface area (Å²) >= 11 is 0. The van der Waals surface area contributed by atoms with Gasteiger partial charge in [-0.3, -0.25) is 10.1 Å². The molecule has 2 N–H and O–H groups in total. The van der Waals surface area contributed by atoms with Gasteiger partial charge in [0.25, 0.3) is 5.69 Å². The van der Waals surface area contributed by atoms with Gasteiger partial charge in [-0.1, -0.05) is 6.42 Å². The molecular weight excluding hydrogens is 258 g/mol. The van der Waals surface area contributed by atoms with Crippen LogP contribution in [0, 0.1) is 33.3 Å². The largest absolute Gasteiger partial charge is 0.493 e. The van der Waals surface area contributed by atoms with E-state index >= 15 is 0 Å². The number of ether oxygens (including phenoxy) is 1. The SMILES string of the molecule is N#Cc1ccc(OCC2CCCC2CN)cc1[N+](=O)[O-]. The fraction of sp³-hybridized carbons (Fsp3) is 0.500. The van der Waals surface area contributed by atoms with Crippen LogP contribution in [0.15, 0.2) is 18.2 Å². The predicted octanol–water partition coefficient (Wildman–Crippen LogP) is 2.22. The van der Waals surface area contributed by atoms with E-state index in [1.807, 2.05) is 0 Å². The van der Waals surface area contributed by atoms with Crippen molar-refractivity contribution in [3.8, 4) is 11.8 Å². The molecule has 0 amide bonds. The van der Waals surface area contributed by atoms with Crippen LogP contribution in [-0.4, -0.2) is 18.1 Å². The Morgan fingerprint density at radius 2 is 2.20 bits per heavy atom. The Kier molecular flexibility index (Phi) is 4.53. The average Bonchev–Trinajstić information content (AvgIpc) is 2.92. The fourth-order valence-electron chi connectivity index (χ4n) is 2.69. The third-order valence-corrected chi connectivity index (χ3v) is 3.87. The number of hydrogen-bond acceptors (Lipinski definition) is 5. The van der Waals surface area contributed by atoms with E-state index in [-0.39, 0.29) is 11.3 Å². The smallest absolute Gasteiger partial charge is 0.290 e. The summed E-state index contributed by atoms with van der Waals surface area (Å²) in [6.07, 6.45) is 3.36. The van der Waals surface area contributed by atoms with Gasteiger partial charge in [0.1, 0.15) is 17.4 Å². The zero-order valence-electron chi connectivity index (χ0n) is 11.1. The van der Waals surface area contributed by atoms with Crippen LogP contribution in [-0.2, 0) is 0 Å². The number of nitro groups is 1. The molecule has 1 aliphatic carbocycles. The lowest BCUT2D eigenvalue weighted by molar-refractivity contribution is -0.385. The second kappa shape index (κ2) is 6.35. The molecule has 6 nitrogen and oxygen atoms in total. The van der Waals surface area contributed by atoms with Gasteiger partial charge in [0.05, 0.1) is 17.6 Å². The Morgan fingerprint density at radius 1 is 1.45 bits per heavy atom. The highest BCUT2D eigenvalue weighted by atomic mass is 16.6. The number of nitriles is 1. The number of hydrogen-bond donors (Lipinski definition) is 1. The minimum atomic E-state index is -0.566. The molecule has 0 radical (unpaired) electrons. The molecule has 2 unspecified atom stereocenters. The first-order chi connectivity index (χ1) is 9.65. The van der Waals surface area contributed by atoms with Crippen molar-refractivity contribution in [2.75, 3.05) is 13.2 Å². The number of nitrogens with zero attached hydrogens (tertiary/aromatic N) is 2. The van der Waals surface area contributed by atoms with E-state index in [0.717, 1.165) is 19.3 Å². The third kappa shape index (κ3) is 3.06. The molecule has 0 heterocycles. The molecule has 0 aliphatic heterocycles. The van der Waals surface area contributed by atoms with Crippen LogP contribution in [0.3, 0.4) is 0 Å². The van der Waals surface area contributed by atoms with Crippen LogP contribution < -0.4 is 10.5 Å². The van der Waals surface area contributed by atoms with Gasteiger partial charge in [-0.25, -0.2) is 0 Å². The Morgan fingerprint density at radius 3 is 2.85 bits per heavy atom. The van der Waals surface area contributed by atoms with Crippen molar-refractivity contribution in [2.24, 2.45) is 17.6 Å². The summed E-state index contributed by atoms with van der Waals surface area (Å²) < 4.78 is 5.64. The molecule has 0 saturated heterocycles. The van der Waals surface area contributed by atoms with Gasteiger partial charge in [0, 0.05) is 0 Å². The standard InChI is InChI=1S/C14H17N3O3/c15-7-10-2-1-3-12(10)9-20-13-5-4-11(8-16)14(6-13)17(18)19/h4-6,10,12H,1-3,7,9,15H2. The van der Waals surface area contributed by atoms with E-state index in [0.29, 0.717) is 30.7 Å². The molecule has 0 bridgehead atoms. The maximum Gasteiger partial charge on any atom is 0.290 e. The maximum atomic E-state index is 10.9.